The highest BCUT2D eigenvalue weighted by Gasteiger charge is 2.13. The minimum absolute atomic E-state index is 0.0490. The Bertz CT molecular complexity index is 606. The maximum absolute atomic E-state index is 11.9. The molecule has 0 aliphatic heterocycles. The summed E-state index contributed by atoms with van der Waals surface area (Å²) < 4.78 is 11.5. The smallest absolute Gasteiger partial charge is 0.261 e. The molecule has 0 aromatic heterocycles. The molecule has 1 amide bonds. The molecule has 0 unspecified atom stereocenters. The number of hydrogen-bond donors (Lipinski definition) is 1. The molecule has 1 aromatic carbocycles. The van der Waals surface area contributed by atoms with E-state index in [0.717, 1.165) is 6.42 Å². The molecule has 0 heterocycles. The van der Waals surface area contributed by atoms with Gasteiger partial charge in [-0.1, -0.05) is 6.92 Å². The summed E-state index contributed by atoms with van der Waals surface area (Å²) >= 11 is 3.40. The van der Waals surface area contributed by atoms with Gasteiger partial charge in [0.1, 0.15) is 11.6 Å². The van der Waals surface area contributed by atoms with Gasteiger partial charge in [-0.15, -0.1) is 0 Å². The number of methoxy groups -OCH3 is 1. The van der Waals surface area contributed by atoms with Gasteiger partial charge in [0.25, 0.3) is 5.91 Å². The lowest BCUT2D eigenvalue weighted by Gasteiger charge is -2.12. The molecule has 0 radical (unpaired) electrons. The fourth-order valence-electron chi connectivity index (χ4n) is 1.78. The van der Waals surface area contributed by atoms with Crippen molar-refractivity contribution in [1.82, 2.24) is 5.32 Å². The molecular formula is C16H19BrN2O3. The highest BCUT2D eigenvalue weighted by atomic mass is 79.9. The van der Waals surface area contributed by atoms with Crippen molar-refractivity contribution in [3.8, 4) is 17.6 Å². The summed E-state index contributed by atoms with van der Waals surface area (Å²) in [5.74, 6) is 0.749. The highest BCUT2D eigenvalue weighted by molar-refractivity contribution is 9.10. The second-order valence-electron chi connectivity index (χ2n) is 4.39. The maximum Gasteiger partial charge on any atom is 0.261 e. The summed E-state index contributed by atoms with van der Waals surface area (Å²) in [6.45, 7) is 4.84. The van der Waals surface area contributed by atoms with Crippen LogP contribution in [0.4, 0.5) is 0 Å². The summed E-state index contributed by atoms with van der Waals surface area (Å²) in [6.07, 6.45) is 2.34. The predicted octanol–water partition coefficient (Wildman–Crippen LogP) is 3.29. The third-order valence-electron chi connectivity index (χ3n) is 2.75. The van der Waals surface area contributed by atoms with E-state index < -0.39 is 0 Å². The van der Waals surface area contributed by atoms with Gasteiger partial charge in [0, 0.05) is 6.54 Å². The zero-order valence-electron chi connectivity index (χ0n) is 12.9. The number of carbonyl (C=O) groups excluding carboxylic acids is 1. The number of nitrogens with one attached hydrogen (secondary N) is 1. The van der Waals surface area contributed by atoms with Gasteiger partial charge in [-0.2, -0.15) is 5.26 Å². The topological polar surface area (TPSA) is 71.4 Å². The van der Waals surface area contributed by atoms with Crippen molar-refractivity contribution >= 4 is 27.9 Å². The largest absolute Gasteiger partial charge is 0.492 e. The Morgan fingerprint density at radius 3 is 2.73 bits per heavy atom. The van der Waals surface area contributed by atoms with Gasteiger partial charge in [-0.05, 0) is 53.0 Å². The first-order valence-corrected chi connectivity index (χ1v) is 7.76. The number of ether oxygens (including phenoxy) is 2. The van der Waals surface area contributed by atoms with E-state index in [9.17, 15) is 4.79 Å². The van der Waals surface area contributed by atoms with Gasteiger partial charge >= 0.3 is 0 Å². The average Bonchev–Trinajstić information content (AvgIpc) is 2.50. The number of nitrogens with zero attached hydrogens (tertiary/aromatic N) is 1. The summed E-state index contributed by atoms with van der Waals surface area (Å²) in [5.41, 5.74) is 0.729. The van der Waals surface area contributed by atoms with Gasteiger partial charge in [0.2, 0.25) is 0 Å². The molecule has 0 atom stereocenters. The summed E-state index contributed by atoms with van der Waals surface area (Å²) in [7, 11) is 1.55. The number of rotatable bonds is 7. The monoisotopic (exact) mass is 366 g/mol. The first-order valence-electron chi connectivity index (χ1n) is 6.97. The number of carbonyl (C=O) groups is 1. The zero-order chi connectivity index (χ0) is 16.5. The molecular weight excluding hydrogens is 348 g/mol. The van der Waals surface area contributed by atoms with Gasteiger partial charge in [-0.25, -0.2) is 0 Å². The molecule has 0 bridgehead atoms. The Hall–Kier alpha value is -2.00. The molecule has 0 saturated carbocycles. The Balaban J connectivity index is 3.17. The lowest BCUT2D eigenvalue weighted by molar-refractivity contribution is -0.117. The molecule has 0 saturated heterocycles. The molecule has 0 aliphatic carbocycles. The Kier molecular flexibility index (Phi) is 7.47. The van der Waals surface area contributed by atoms with E-state index in [1.165, 1.54) is 6.08 Å². The maximum atomic E-state index is 11.9. The van der Waals surface area contributed by atoms with Crippen LogP contribution in [0.25, 0.3) is 6.08 Å². The van der Waals surface area contributed by atoms with E-state index >= 15 is 0 Å². The van der Waals surface area contributed by atoms with Crippen LogP contribution in [0.3, 0.4) is 0 Å². The third-order valence-corrected chi connectivity index (χ3v) is 3.34. The minimum atomic E-state index is -0.380. The summed E-state index contributed by atoms with van der Waals surface area (Å²) in [5, 5.41) is 11.8. The van der Waals surface area contributed by atoms with Crippen LogP contribution in [0.1, 0.15) is 25.8 Å². The first kappa shape index (κ1) is 18.1. The van der Waals surface area contributed by atoms with E-state index in [1.807, 2.05) is 19.9 Å². The summed E-state index contributed by atoms with van der Waals surface area (Å²) in [4.78, 5) is 11.9. The number of halogens is 1. The lowest BCUT2D eigenvalue weighted by Crippen LogP contribution is -2.25. The van der Waals surface area contributed by atoms with Crippen LogP contribution in [0.15, 0.2) is 22.2 Å². The van der Waals surface area contributed by atoms with Crippen molar-refractivity contribution in [3.63, 3.8) is 0 Å². The van der Waals surface area contributed by atoms with E-state index in [4.69, 9.17) is 14.7 Å². The van der Waals surface area contributed by atoms with Crippen LogP contribution in [-0.2, 0) is 4.79 Å². The van der Waals surface area contributed by atoms with Gasteiger partial charge < -0.3 is 14.8 Å². The van der Waals surface area contributed by atoms with Crippen molar-refractivity contribution in [2.45, 2.75) is 20.3 Å². The van der Waals surface area contributed by atoms with Crippen LogP contribution >= 0.6 is 15.9 Å². The number of nitriles is 1. The molecule has 0 spiro atoms. The minimum Gasteiger partial charge on any atom is -0.492 e. The van der Waals surface area contributed by atoms with Gasteiger partial charge in [0.05, 0.1) is 18.2 Å². The molecule has 118 valence electrons. The van der Waals surface area contributed by atoms with Crippen molar-refractivity contribution < 1.29 is 14.3 Å². The molecule has 1 aromatic rings. The number of hydrogen-bond acceptors (Lipinski definition) is 4. The number of amides is 1. The van der Waals surface area contributed by atoms with Crippen LogP contribution in [0, 0.1) is 11.3 Å². The number of benzene rings is 1. The molecule has 1 rings (SSSR count). The van der Waals surface area contributed by atoms with Crippen LogP contribution in [-0.4, -0.2) is 26.2 Å². The van der Waals surface area contributed by atoms with Crippen molar-refractivity contribution in [2.75, 3.05) is 20.3 Å². The van der Waals surface area contributed by atoms with Crippen LogP contribution in [0.2, 0.25) is 0 Å². The van der Waals surface area contributed by atoms with Crippen molar-refractivity contribution in [1.29, 1.82) is 5.26 Å². The van der Waals surface area contributed by atoms with E-state index in [0.29, 0.717) is 34.7 Å². The molecule has 1 N–H and O–H groups in total. The SMILES string of the molecule is CCCNC(=O)C(C#N)=Cc1cc(Br)c(OC)c(OCC)c1. The molecule has 0 aliphatic rings. The van der Waals surface area contributed by atoms with Crippen LogP contribution in [0.5, 0.6) is 11.5 Å². The molecule has 22 heavy (non-hydrogen) atoms. The standard InChI is InChI=1S/C16H19BrN2O3/c1-4-6-19-16(20)12(10-18)7-11-8-13(17)15(21-3)14(9-11)22-5-2/h7-9H,4-6H2,1-3H3,(H,19,20). The highest BCUT2D eigenvalue weighted by Crippen LogP contribution is 2.37. The van der Waals surface area contributed by atoms with Crippen molar-refractivity contribution in [2.24, 2.45) is 0 Å². The molecule has 0 fully saturated rings. The second kappa shape index (κ2) is 9.11. The zero-order valence-corrected chi connectivity index (χ0v) is 14.5. The lowest BCUT2D eigenvalue weighted by atomic mass is 10.1. The fourth-order valence-corrected chi connectivity index (χ4v) is 2.40. The Morgan fingerprint density at radius 1 is 1.45 bits per heavy atom. The van der Waals surface area contributed by atoms with E-state index in [2.05, 4.69) is 21.2 Å². The average molecular weight is 367 g/mol. The van der Waals surface area contributed by atoms with Crippen molar-refractivity contribution in [3.05, 3.63) is 27.7 Å². The Labute approximate surface area is 139 Å². The Morgan fingerprint density at radius 2 is 2.18 bits per heavy atom. The van der Waals surface area contributed by atoms with Gasteiger partial charge in [0.15, 0.2) is 11.5 Å². The summed E-state index contributed by atoms with van der Waals surface area (Å²) in [6, 6.07) is 5.42. The molecule has 5 nitrogen and oxygen atoms in total. The predicted molar refractivity (Wildman–Crippen MR) is 88.8 cm³/mol. The quantitative estimate of drug-likeness (QED) is 0.593. The fraction of sp³-hybridized carbons (Fsp3) is 0.375. The van der Waals surface area contributed by atoms with Crippen LogP contribution < -0.4 is 14.8 Å². The van der Waals surface area contributed by atoms with E-state index in [1.54, 1.807) is 19.2 Å². The normalized spacial score (nSPS) is 10.8. The molecule has 6 heteroatoms. The first-order chi connectivity index (χ1) is 10.6. The van der Waals surface area contributed by atoms with Gasteiger partial charge in [-0.3, -0.25) is 4.79 Å². The second-order valence-corrected chi connectivity index (χ2v) is 5.25. The third kappa shape index (κ3) is 4.78. The van der Waals surface area contributed by atoms with E-state index in [-0.39, 0.29) is 11.5 Å².